The maximum absolute atomic E-state index is 12.9. The summed E-state index contributed by atoms with van der Waals surface area (Å²) in [6.07, 6.45) is 5.44. The summed E-state index contributed by atoms with van der Waals surface area (Å²) >= 11 is 0. The first-order chi connectivity index (χ1) is 12.2. The Morgan fingerprint density at radius 2 is 1.88 bits per heavy atom. The summed E-state index contributed by atoms with van der Waals surface area (Å²) < 4.78 is 18.4. The van der Waals surface area contributed by atoms with Gasteiger partial charge in [0.25, 0.3) is 0 Å². The molecule has 0 bridgehead atoms. The molecule has 6 heteroatoms. The van der Waals surface area contributed by atoms with E-state index in [-0.39, 0.29) is 11.7 Å². The van der Waals surface area contributed by atoms with Crippen LogP contribution >= 0.6 is 0 Å². The number of ether oxygens (including phenoxy) is 1. The Balaban J connectivity index is 1.39. The molecule has 0 radical (unpaired) electrons. The molecule has 5 nitrogen and oxygen atoms in total. The third kappa shape index (κ3) is 5.24. The minimum absolute atomic E-state index is 0.0910. The van der Waals surface area contributed by atoms with Gasteiger partial charge in [0.1, 0.15) is 12.4 Å². The van der Waals surface area contributed by atoms with Gasteiger partial charge in [-0.2, -0.15) is 0 Å². The van der Waals surface area contributed by atoms with Crippen molar-refractivity contribution in [3.8, 4) is 17.1 Å². The second-order valence-corrected chi connectivity index (χ2v) is 6.32. The molecular weight excluding hydrogens is 321 g/mol. The molecule has 1 N–H and O–H groups in total. The lowest BCUT2D eigenvalue weighted by Crippen LogP contribution is -2.29. The molecule has 1 aromatic carbocycles. The highest BCUT2D eigenvalue weighted by Crippen LogP contribution is 2.27. The minimum Gasteiger partial charge on any atom is -0.475 e. The third-order valence-electron chi connectivity index (χ3n) is 4.40. The lowest BCUT2D eigenvalue weighted by Gasteiger charge is -2.10. The van der Waals surface area contributed by atoms with E-state index in [0.29, 0.717) is 37.1 Å². The summed E-state index contributed by atoms with van der Waals surface area (Å²) in [6.45, 7) is 0.800. The van der Waals surface area contributed by atoms with Crippen molar-refractivity contribution >= 4 is 5.91 Å². The standard InChI is InChI=1S/C19H22FN3O2/c20-16-7-5-15(6-8-16)17-9-10-19(23-22-17)25-12-11-21-18(24)13-14-3-1-2-4-14/h5-10,14H,1-4,11-13H2,(H,21,24). The average Bonchev–Trinajstić information content (AvgIpc) is 3.13. The fourth-order valence-electron chi connectivity index (χ4n) is 3.07. The molecule has 132 valence electrons. The Morgan fingerprint density at radius 1 is 1.12 bits per heavy atom. The van der Waals surface area contributed by atoms with E-state index in [4.69, 9.17) is 4.74 Å². The maximum atomic E-state index is 12.9. The molecule has 3 rings (SSSR count). The van der Waals surface area contributed by atoms with E-state index in [9.17, 15) is 9.18 Å². The van der Waals surface area contributed by atoms with Gasteiger partial charge in [-0.3, -0.25) is 4.79 Å². The van der Waals surface area contributed by atoms with Gasteiger partial charge >= 0.3 is 0 Å². The Hall–Kier alpha value is -2.50. The van der Waals surface area contributed by atoms with Gasteiger partial charge in [0.05, 0.1) is 12.2 Å². The number of hydrogen-bond donors (Lipinski definition) is 1. The molecule has 1 aliphatic carbocycles. The number of benzene rings is 1. The van der Waals surface area contributed by atoms with E-state index in [1.807, 2.05) is 0 Å². The monoisotopic (exact) mass is 343 g/mol. The number of aromatic nitrogens is 2. The molecule has 1 aliphatic rings. The van der Waals surface area contributed by atoms with Crippen LogP contribution in [0, 0.1) is 11.7 Å². The van der Waals surface area contributed by atoms with E-state index in [1.165, 1.54) is 37.8 Å². The van der Waals surface area contributed by atoms with Crippen LogP contribution in [0.1, 0.15) is 32.1 Å². The van der Waals surface area contributed by atoms with E-state index >= 15 is 0 Å². The first-order valence-corrected chi connectivity index (χ1v) is 8.70. The molecule has 1 aromatic heterocycles. The van der Waals surface area contributed by atoms with Gasteiger partial charge in [0.15, 0.2) is 0 Å². The van der Waals surface area contributed by atoms with Crippen LogP contribution in [0.25, 0.3) is 11.3 Å². The number of halogens is 1. The number of amides is 1. The Morgan fingerprint density at radius 3 is 2.56 bits per heavy atom. The number of nitrogens with zero attached hydrogens (tertiary/aromatic N) is 2. The molecule has 1 fully saturated rings. The van der Waals surface area contributed by atoms with Crippen molar-refractivity contribution < 1.29 is 13.9 Å². The van der Waals surface area contributed by atoms with Gasteiger partial charge in [0, 0.05) is 18.1 Å². The van der Waals surface area contributed by atoms with Crippen molar-refractivity contribution in [3.05, 3.63) is 42.2 Å². The van der Waals surface area contributed by atoms with Gasteiger partial charge in [-0.15, -0.1) is 10.2 Å². The minimum atomic E-state index is -0.286. The van der Waals surface area contributed by atoms with Crippen LogP contribution in [0.15, 0.2) is 36.4 Å². The SMILES string of the molecule is O=C(CC1CCCC1)NCCOc1ccc(-c2ccc(F)cc2)nn1. The van der Waals surface area contributed by atoms with Crippen LogP contribution in [0.2, 0.25) is 0 Å². The molecule has 0 atom stereocenters. The lowest BCUT2D eigenvalue weighted by atomic mass is 10.0. The topological polar surface area (TPSA) is 64.1 Å². The number of nitrogens with one attached hydrogen (secondary N) is 1. The molecule has 1 saturated carbocycles. The summed E-state index contributed by atoms with van der Waals surface area (Å²) in [5, 5.41) is 10.9. The molecule has 1 amide bonds. The largest absolute Gasteiger partial charge is 0.475 e. The van der Waals surface area contributed by atoms with Crippen LogP contribution in [-0.4, -0.2) is 29.3 Å². The number of hydrogen-bond acceptors (Lipinski definition) is 4. The summed E-state index contributed by atoms with van der Waals surface area (Å²) in [6, 6.07) is 9.56. The molecule has 2 aromatic rings. The van der Waals surface area contributed by atoms with Crippen LogP contribution < -0.4 is 10.1 Å². The molecule has 0 aliphatic heterocycles. The van der Waals surface area contributed by atoms with Crippen molar-refractivity contribution in [2.45, 2.75) is 32.1 Å². The fraction of sp³-hybridized carbons (Fsp3) is 0.421. The number of carbonyl (C=O) groups excluding carboxylic acids is 1. The molecule has 1 heterocycles. The molecule has 0 saturated heterocycles. The summed E-state index contributed by atoms with van der Waals surface area (Å²) in [5.74, 6) is 0.751. The van der Waals surface area contributed by atoms with Crippen LogP contribution in [0.5, 0.6) is 5.88 Å². The maximum Gasteiger partial charge on any atom is 0.233 e. The first kappa shape index (κ1) is 17.3. The zero-order valence-corrected chi connectivity index (χ0v) is 14.1. The van der Waals surface area contributed by atoms with Gasteiger partial charge in [-0.1, -0.05) is 12.8 Å². The van der Waals surface area contributed by atoms with Gasteiger partial charge in [-0.25, -0.2) is 4.39 Å². The van der Waals surface area contributed by atoms with E-state index in [1.54, 1.807) is 24.3 Å². The van der Waals surface area contributed by atoms with E-state index in [2.05, 4.69) is 15.5 Å². The van der Waals surface area contributed by atoms with E-state index < -0.39 is 0 Å². The van der Waals surface area contributed by atoms with Crippen molar-refractivity contribution in [1.29, 1.82) is 0 Å². The summed E-state index contributed by atoms with van der Waals surface area (Å²) in [5.41, 5.74) is 1.44. The van der Waals surface area contributed by atoms with Gasteiger partial charge in [-0.05, 0) is 49.1 Å². The second kappa shape index (κ2) is 8.55. The Kier molecular flexibility index (Phi) is 5.93. The first-order valence-electron chi connectivity index (χ1n) is 8.70. The molecule has 25 heavy (non-hydrogen) atoms. The molecular formula is C19H22FN3O2. The Bertz CT molecular complexity index is 683. The zero-order valence-electron chi connectivity index (χ0n) is 14.1. The van der Waals surface area contributed by atoms with Gasteiger partial charge in [0.2, 0.25) is 11.8 Å². The Labute approximate surface area is 146 Å². The van der Waals surface area contributed by atoms with Gasteiger partial charge < -0.3 is 10.1 Å². The number of rotatable bonds is 7. The van der Waals surface area contributed by atoms with Crippen LogP contribution in [0.4, 0.5) is 4.39 Å². The highest BCUT2D eigenvalue weighted by Gasteiger charge is 2.17. The van der Waals surface area contributed by atoms with Crippen molar-refractivity contribution in [1.82, 2.24) is 15.5 Å². The normalized spacial score (nSPS) is 14.4. The highest BCUT2D eigenvalue weighted by molar-refractivity contribution is 5.76. The van der Waals surface area contributed by atoms with Crippen LogP contribution in [-0.2, 0) is 4.79 Å². The van der Waals surface area contributed by atoms with E-state index in [0.717, 1.165) is 5.56 Å². The fourth-order valence-corrected chi connectivity index (χ4v) is 3.07. The molecule has 0 unspecified atom stereocenters. The second-order valence-electron chi connectivity index (χ2n) is 6.32. The van der Waals surface area contributed by atoms with Crippen molar-refractivity contribution in [3.63, 3.8) is 0 Å². The zero-order chi connectivity index (χ0) is 17.5. The number of carbonyl (C=O) groups is 1. The van der Waals surface area contributed by atoms with Crippen LogP contribution in [0.3, 0.4) is 0 Å². The van der Waals surface area contributed by atoms with Crippen molar-refractivity contribution in [2.24, 2.45) is 5.92 Å². The summed E-state index contributed by atoms with van der Waals surface area (Å²) in [7, 11) is 0. The average molecular weight is 343 g/mol. The predicted molar refractivity (Wildman–Crippen MR) is 92.5 cm³/mol. The summed E-state index contributed by atoms with van der Waals surface area (Å²) in [4.78, 5) is 11.8. The van der Waals surface area contributed by atoms with Crippen molar-refractivity contribution in [2.75, 3.05) is 13.2 Å². The molecule has 0 spiro atoms. The lowest BCUT2D eigenvalue weighted by molar-refractivity contribution is -0.122. The quantitative estimate of drug-likeness (QED) is 0.783. The predicted octanol–water partition coefficient (Wildman–Crippen LogP) is 3.36. The smallest absolute Gasteiger partial charge is 0.233 e. The third-order valence-corrected chi connectivity index (χ3v) is 4.40. The highest BCUT2D eigenvalue weighted by atomic mass is 19.1.